The molecular weight excluding hydrogens is 344 g/mol. The molecule has 140 valence electrons. The van der Waals surface area contributed by atoms with Crippen molar-refractivity contribution >= 4 is 17.3 Å². The van der Waals surface area contributed by atoms with Gasteiger partial charge in [0.1, 0.15) is 0 Å². The van der Waals surface area contributed by atoms with Crippen LogP contribution in [0.3, 0.4) is 0 Å². The lowest BCUT2D eigenvalue weighted by molar-refractivity contribution is 0.181. The van der Waals surface area contributed by atoms with Crippen molar-refractivity contribution in [3.05, 3.63) is 52.0 Å². The van der Waals surface area contributed by atoms with E-state index in [0.717, 1.165) is 50.7 Å². The maximum absolute atomic E-state index is 5.46. The average Bonchev–Trinajstić information content (AvgIpc) is 3.33. The minimum atomic E-state index is 0.599. The molecule has 5 nitrogen and oxygen atoms in total. The SMILES string of the molecule is CN=C(NCc1csc(CCc2ccccc2)n1)N(C)CC1CCOC1. The standard InChI is InChI=1S/C20H28N4OS/c1-21-20(24(2)13-17-10-11-25-14-17)22-12-18-15-26-19(23-18)9-8-16-6-4-3-5-7-16/h3-7,15,17H,8-14H2,1-2H3,(H,21,22). The van der Waals surface area contributed by atoms with Gasteiger partial charge in [-0.3, -0.25) is 4.99 Å². The number of nitrogens with zero attached hydrogens (tertiary/aromatic N) is 3. The quantitative estimate of drug-likeness (QED) is 0.600. The van der Waals surface area contributed by atoms with Crippen LogP contribution in [0.4, 0.5) is 0 Å². The molecule has 0 bridgehead atoms. The van der Waals surface area contributed by atoms with Crippen LogP contribution >= 0.6 is 11.3 Å². The number of benzene rings is 1. The molecule has 1 aromatic carbocycles. The van der Waals surface area contributed by atoms with Gasteiger partial charge in [-0.1, -0.05) is 30.3 Å². The zero-order valence-corrected chi connectivity index (χ0v) is 16.5. The Morgan fingerprint density at radius 1 is 1.35 bits per heavy atom. The molecule has 0 amide bonds. The number of hydrogen-bond donors (Lipinski definition) is 1. The molecular formula is C20H28N4OS. The molecule has 1 N–H and O–H groups in total. The normalized spacial score (nSPS) is 17.5. The van der Waals surface area contributed by atoms with Crippen LogP contribution in [0.25, 0.3) is 0 Å². The fraction of sp³-hybridized carbons (Fsp3) is 0.500. The number of rotatable bonds is 7. The molecule has 26 heavy (non-hydrogen) atoms. The zero-order chi connectivity index (χ0) is 18.2. The summed E-state index contributed by atoms with van der Waals surface area (Å²) in [4.78, 5) is 11.3. The van der Waals surface area contributed by atoms with Crippen molar-refractivity contribution in [2.75, 3.05) is 33.9 Å². The first-order valence-electron chi connectivity index (χ1n) is 9.21. The summed E-state index contributed by atoms with van der Waals surface area (Å²) in [6, 6.07) is 10.6. The molecule has 0 aliphatic carbocycles. The van der Waals surface area contributed by atoms with E-state index in [0.29, 0.717) is 12.5 Å². The Bertz CT molecular complexity index is 695. The highest BCUT2D eigenvalue weighted by atomic mass is 32.1. The summed E-state index contributed by atoms with van der Waals surface area (Å²) in [6.45, 7) is 3.42. The van der Waals surface area contributed by atoms with Crippen LogP contribution in [-0.4, -0.2) is 49.7 Å². The summed E-state index contributed by atoms with van der Waals surface area (Å²) in [5.41, 5.74) is 2.44. The van der Waals surface area contributed by atoms with Gasteiger partial charge in [-0.25, -0.2) is 4.98 Å². The van der Waals surface area contributed by atoms with E-state index < -0.39 is 0 Å². The second-order valence-corrected chi connectivity index (χ2v) is 7.67. The summed E-state index contributed by atoms with van der Waals surface area (Å²) in [7, 11) is 3.91. The van der Waals surface area contributed by atoms with E-state index >= 15 is 0 Å². The highest BCUT2D eigenvalue weighted by molar-refractivity contribution is 7.09. The number of nitrogens with one attached hydrogen (secondary N) is 1. The summed E-state index contributed by atoms with van der Waals surface area (Å²) in [5.74, 6) is 1.51. The summed E-state index contributed by atoms with van der Waals surface area (Å²) >= 11 is 1.74. The van der Waals surface area contributed by atoms with Crippen LogP contribution in [0, 0.1) is 5.92 Å². The molecule has 1 atom stereocenters. The number of aryl methyl sites for hydroxylation is 2. The van der Waals surface area contributed by atoms with Crippen molar-refractivity contribution in [3.8, 4) is 0 Å². The number of hydrogen-bond acceptors (Lipinski definition) is 4. The molecule has 0 saturated carbocycles. The number of guanidine groups is 1. The van der Waals surface area contributed by atoms with Crippen molar-refractivity contribution in [2.24, 2.45) is 10.9 Å². The smallest absolute Gasteiger partial charge is 0.193 e. The van der Waals surface area contributed by atoms with E-state index in [1.807, 2.05) is 7.05 Å². The maximum atomic E-state index is 5.46. The van der Waals surface area contributed by atoms with E-state index in [1.54, 1.807) is 11.3 Å². The minimum Gasteiger partial charge on any atom is -0.381 e. The van der Waals surface area contributed by atoms with Crippen LogP contribution in [0.2, 0.25) is 0 Å². The topological polar surface area (TPSA) is 49.8 Å². The van der Waals surface area contributed by atoms with Crippen LogP contribution in [-0.2, 0) is 24.1 Å². The van der Waals surface area contributed by atoms with Gasteiger partial charge in [0.15, 0.2) is 5.96 Å². The third-order valence-corrected chi connectivity index (χ3v) is 5.58. The van der Waals surface area contributed by atoms with Crippen LogP contribution < -0.4 is 5.32 Å². The Labute approximate surface area is 160 Å². The summed E-state index contributed by atoms with van der Waals surface area (Å²) in [5, 5.41) is 6.76. The van der Waals surface area contributed by atoms with Gasteiger partial charge in [0.05, 0.1) is 23.9 Å². The molecule has 0 radical (unpaired) electrons. The number of ether oxygens (including phenoxy) is 1. The van der Waals surface area contributed by atoms with E-state index in [-0.39, 0.29) is 0 Å². The number of thiazole rings is 1. The minimum absolute atomic E-state index is 0.599. The lowest BCUT2D eigenvalue weighted by Gasteiger charge is -2.24. The number of aromatic nitrogens is 1. The van der Waals surface area contributed by atoms with Crippen molar-refractivity contribution in [1.29, 1.82) is 0 Å². The predicted molar refractivity (Wildman–Crippen MR) is 108 cm³/mol. The predicted octanol–water partition coefficient (Wildman–Crippen LogP) is 2.97. The first kappa shape index (κ1) is 18.9. The average molecular weight is 373 g/mol. The largest absolute Gasteiger partial charge is 0.381 e. The van der Waals surface area contributed by atoms with E-state index in [2.05, 4.69) is 58.0 Å². The Morgan fingerprint density at radius 3 is 2.92 bits per heavy atom. The highest BCUT2D eigenvalue weighted by Gasteiger charge is 2.19. The van der Waals surface area contributed by atoms with Gasteiger partial charge in [0, 0.05) is 45.0 Å². The highest BCUT2D eigenvalue weighted by Crippen LogP contribution is 2.14. The van der Waals surface area contributed by atoms with Gasteiger partial charge in [-0.05, 0) is 18.4 Å². The summed E-state index contributed by atoms with van der Waals surface area (Å²) in [6.07, 6.45) is 3.16. The van der Waals surface area contributed by atoms with Gasteiger partial charge in [0.25, 0.3) is 0 Å². The van der Waals surface area contributed by atoms with Crippen LogP contribution in [0.1, 0.15) is 22.7 Å². The van der Waals surface area contributed by atoms with Gasteiger partial charge < -0.3 is 15.0 Å². The third-order valence-electron chi connectivity index (χ3n) is 4.63. The van der Waals surface area contributed by atoms with Crippen molar-refractivity contribution in [3.63, 3.8) is 0 Å². The van der Waals surface area contributed by atoms with Crippen LogP contribution in [0.5, 0.6) is 0 Å². The molecule has 2 heterocycles. The van der Waals surface area contributed by atoms with Crippen molar-refractivity contribution in [1.82, 2.24) is 15.2 Å². The molecule has 3 rings (SSSR count). The molecule has 2 aromatic rings. The molecule has 1 unspecified atom stereocenters. The maximum Gasteiger partial charge on any atom is 0.193 e. The first-order valence-corrected chi connectivity index (χ1v) is 10.1. The molecule has 6 heteroatoms. The Morgan fingerprint density at radius 2 is 2.19 bits per heavy atom. The van der Waals surface area contributed by atoms with Gasteiger partial charge in [-0.2, -0.15) is 0 Å². The van der Waals surface area contributed by atoms with E-state index in [4.69, 9.17) is 9.72 Å². The fourth-order valence-corrected chi connectivity index (χ4v) is 3.99. The molecule has 1 aromatic heterocycles. The van der Waals surface area contributed by atoms with Gasteiger partial charge in [0.2, 0.25) is 0 Å². The van der Waals surface area contributed by atoms with Crippen molar-refractivity contribution < 1.29 is 4.74 Å². The first-order chi connectivity index (χ1) is 12.7. The molecule has 1 saturated heterocycles. The molecule has 1 aliphatic heterocycles. The fourth-order valence-electron chi connectivity index (χ4n) is 3.20. The Hall–Kier alpha value is -1.92. The second-order valence-electron chi connectivity index (χ2n) is 6.73. The van der Waals surface area contributed by atoms with Gasteiger partial charge >= 0.3 is 0 Å². The zero-order valence-electron chi connectivity index (χ0n) is 15.6. The van der Waals surface area contributed by atoms with E-state index in [1.165, 1.54) is 10.6 Å². The van der Waals surface area contributed by atoms with Crippen molar-refractivity contribution in [2.45, 2.75) is 25.8 Å². The second kappa shape index (κ2) is 9.69. The van der Waals surface area contributed by atoms with E-state index in [9.17, 15) is 0 Å². The van der Waals surface area contributed by atoms with Gasteiger partial charge in [-0.15, -0.1) is 11.3 Å². The Kier molecular flexibility index (Phi) is 7.03. The summed E-state index contributed by atoms with van der Waals surface area (Å²) < 4.78 is 5.46. The Balaban J connectivity index is 1.45. The third kappa shape index (κ3) is 5.54. The lowest BCUT2D eigenvalue weighted by atomic mass is 10.1. The molecule has 1 fully saturated rings. The lowest BCUT2D eigenvalue weighted by Crippen LogP contribution is -2.41. The molecule has 1 aliphatic rings. The van der Waals surface area contributed by atoms with Crippen LogP contribution in [0.15, 0.2) is 40.7 Å². The molecule has 0 spiro atoms. The monoisotopic (exact) mass is 372 g/mol. The number of aliphatic imine (C=N–C) groups is 1.